The zero-order valence-corrected chi connectivity index (χ0v) is 11.6. The molecule has 0 atom stereocenters. The number of hydrogen-bond donors (Lipinski definition) is 3. The molecule has 0 saturated heterocycles. The first-order chi connectivity index (χ1) is 9.36. The molecule has 0 spiro atoms. The van der Waals surface area contributed by atoms with Crippen molar-refractivity contribution in [3.63, 3.8) is 0 Å². The lowest BCUT2D eigenvalue weighted by molar-refractivity contribution is -0.120. The second kappa shape index (κ2) is 6.96. The zero-order chi connectivity index (χ0) is 15.2. The third kappa shape index (κ3) is 4.59. The highest BCUT2D eigenvalue weighted by atomic mass is 32.2. The van der Waals surface area contributed by atoms with Gasteiger partial charge < -0.3 is 10.4 Å². The summed E-state index contributed by atoms with van der Waals surface area (Å²) in [5, 5.41) is 10.9. The van der Waals surface area contributed by atoms with Crippen molar-refractivity contribution < 1.29 is 23.1 Å². The molecule has 1 aromatic heterocycles. The highest BCUT2D eigenvalue weighted by Crippen LogP contribution is 2.06. The van der Waals surface area contributed by atoms with Crippen molar-refractivity contribution in [2.45, 2.75) is 18.4 Å². The van der Waals surface area contributed by atoms with Crippen molar-refractivity contribution in [1.82, 2.24) is 15.0 Å². The first kappa shape index (κ1) is 16.1. The fourth-order valence-corrected chi connectivity index (χ4v) is 2.28. The molecule has 8 nitrogen and oxygen atoms in total. The SMILES string of the molecule is CCNC(=O)CCNS(=O)(=O)c1ccc(C(=O)O)cn1. The molecular weight excluding hydrogens is 286 g/mol. The quantitative estimate of drug-likeness (QED) is 0.628. The topological polar surface area (TPSA) is 125 Å². The molecule has 1 amide bonds. The third-order valence-electron chi connectivity index (χ3n) is 2.28. The molecule has 1 heterocycles. The molecule has 0 fully saturated rings. The number of amides is 1. The van der Waals surface area contributed by atoms with Crippen LogP contribution in [0.3, 0.4) is 0 Å². The summed E-state index contributed by atoms with van der Waals surface area (Å²) >= 11 is 0. The van der Waals surface area contributed by atoms with E-state index in [0.29, 0.717) is 6.54 Å². The molecule has 0 aliphatic heterocycles. The van der Waals surface area contributed by atoms with E-state index in [0.717, 1.165) is 18.3 Å². The molecule has 1 rings (SSSR count). The maximum Gasteiger partial charge on any atom is 0.337 e. The molecule has 0 saturated carbocycles. The number of rotatable bonds is 7. The predicted octanol–water partition coefficient (Wildman–Crippen LogP) is -0.416. The van der Waals surface area contributed by atoms with E-state index in [-0.39, 0.29) is 29.5 Å². The van der Waals surface area contributed by atoms with Crippen LogP contribution >= 0.6 is 0 Å². The van der Waals surface area contributed by atoms with Crippen molar-refractivity contribution in [1.29, 1.82) is 0 Å². The van der Waals surface area contributed by atoms with Crippen molar-refractivity contribution in [2.24, 2.45) is 0 Å². The summed E-state index contributed by atoms with van der Waals surface area (Å²) in [6.45, 7) is 2.18. The Balaban J connectivity index is 2.64. The van der Waals surface area contributed by atoms with Gasteiger partial charge in [0.2, 0.25) is 5.91 Å². The summed E-state index contributed by atoms with van der Waals surface area (Å²) in [4.78, 5) is 25.4. The second-order valence-corrected chi connectivity index (χ2v) is 5.51. The Morgan fingerprint density at radius 1 is 1.35 bits per heavy atom. The van der Waals surface area contributed by atoms with Crippen LogP contribution in [-0.4, -0.2) is 43.5 Å². The third-order valence-corrected chi connectivity index (χ3v) is 3.65. The monoisotopic (exact) mass is 301 g/mol. The Labute approximate surface area is 116 Å². The van der Waals surface area contributed by atoms with Gasteiger partial charge in [-0.15, -0.1) is 0 Å². The Morgan fingerprint density at radius 3 is 2.55 bits per heavy atom. The summed E-state index contributed by atoms with van der Waals surface area (Å²) in [6, 6.07) is 2.24. The molecule has 3 N–H and O–H groups in total. The Morgan fingerprint density at radius 2 is 2.05 bits per heavy atom. The van der Waals surface area contributed by atoms with Crippen LogP contribution in [0.2, 0.25) is 0 Å². The first-order valence-corrected chi connectivity index (χ1v) is 7.31. The van der Waals surface area contributed by atoms with Crippen molar-refractivity contribution in [2.75, 3.05) is 13.1 Å². The smallest absolute Gasteiger partial charge is 0.337 e. The maximum atomic E-state index is 11.8. The van der Waals surface area contributed by atoms with Crippen LogP contribution < -0.4 is 10.0 Å². The van der Waals surface area contributed by atoms with Gasteiger partial charge in [-0.05, 0) is 19.1 Å². The van der Waals surface area contributed by atoms with Gasteiger partial charge in [0.05, 0.1) is 5.56 Å². The number of sulfonamides is 1. The Bertz CT molecular complexity index is 583. The van der Waals surface area contributed by atoms with Crippen LogP contribution in [0.15, 0.2) is 23.4 Å². The van der Waals surface area contributed by atoms with Crippen LogP contribution in [0.5, 0.6) is 0 Å². The summed E-state index contributed by atoms with van der Waals surface area (Å²) in [7, 11) is -3.85. The van der Waals surface area contributed by atoms with Crippen LogP contribution in [0.25, 0.3) is 0 Å². The molecule has 0 unspecified atom stereocenters. The van der Waals surface area contributed by atoms with E-state index >= 15 is 0 Å². The van der Waals surface area contributed by atoms with Gasteiger partial charge in [-0.2, -0.15) is 0 Å². The molecule has 9 heteroatoms. The first-order valence-electron chi connectivity index (χ1n) is 5.82. The van der Waals surface area contributed by atoms with Gasteiger partial charge in [-0.1, -0.05) is 0 Å². The summed E-state index contributed by atoms with van der Waals surface area (Å²) in [5.74, 6) is -1.45. The maximum absolute atomic E-state index is 11.8. The van der Waals surface area contributed by atoms with E-state index in [2.05, 4.69) is 15.0 Å². The Hall–Kier alpha value is -2.00. The van der Waals surface area contributed by atoms with Crippen LogP contribution in [-0.2, 0) is 14.8 Å². The summed E-state index contributed by atoms with van der Waals surface area (Å²) in [5.41, 5.74) is -0.105. The van der Waals surface area contributed by atoms with Gasteiger partial charge >= 0.3 is 5.97 Å². The summed E-state index contributed by atoms with van der Waals surface area (Å²) < 4.78 is 25.8. The fourth-order valence-electron chi connectivity index (χ4n) is 1.32. The van der Waals surface area contributed by atoms with Crippen LogP contribution in [0.1, 0.15) is 23.7 Å². The number of nitrogens with one attached hydrogen (secondary N) is 2. The summed E-state index contributed by atoms with van der Waals surface area (Å²) in [6.07, 6.45) is 0.973. The molecule has 20 heavy (non-hydrogen) atoms. The zero-order valence-electron chi connectivity index (χ0n) is 10.8. The van der Waals surface area contributed by atoms with Gasteiger partial charge in [-0.3, -0.25) is 4.79 Å². The predicted molar refractivity (Wildman–Crippen MR) is 69.7 cm³/mol. The van der Waals surface area contributed by atoms with E-state index in [9.17, 15) is 18.0 Å². The van der Waals surface area contributed by atoms with Gasteiger partial charge in [0.1, 0.15) is 0 Å². The number of carbonyl (C=O) groups is 2. The molecule has 0 radical (unpaired) electrons. The average molecular weight is 301 g/mol. The minimum absolute atomic E-state index is 0.0142. The molecule has 0 aromatic carbocycles. The van der Waals surface area contributed by atoms with Crippen molar-refractivity contribution in [3.8, 4) is 0 Å². The Kier molecular flexibility index (Phi) is 5.59. The molecule has 110 valence electrons. The number of hydrogen-bond acceptors (Lipinski definition) is 5. The minimum atomic E-state index is -3.85. The lowest BCUT2D eigenvalue weighted by Gasteiger charge is -2.06. The number of nitrogens with zero attached hydrogens (tertiary/aromatic N) is 1. The van der Waals surface area contributed by atoms with Gasteiger partial charge in [0.25, 0.3) is 10.0 Å². The fraction of sp³-hybridized carbons (Fsp3) is 0.364. The number of carboxylic acids is 1. The lowest BCUT2D eigenvalue weighted by Crippen LogP contribution is -2.31. The van der Waals surface area contributed by atoms with Crippen molar-refractivity contribution >= 4 is 21.9 Å². The van der Waals surface area contributed by atoms with E-state index in [1.165, 1.54) is 0 Å². The van der Waals surface area contributed by atoms with Crippen molar-refractivity contribution in [3.05, 3.63) is 23.9 Å². The van der Waals surface area contributed by atoms with Crippen LogP contribution in [0, 0.1) is 0 Å². The molecule has 0 bridgehead atoms. The molecule has 0 aliphatic rings. The highest BCUT2D eigenvalue weighted by Gasteiger charge is 2.16. The number of aromatic nitrogens is 1. The largest absolute Gasteiger partial charge is 0.478 e. The van der Waals surface area contributed by atoms with E-state index < -0.39 is 16.0 Å². The van der Waals surface area contributed by atoms with Gasteiger partial charge in [0.15, 0.2) is 5.03 Å². The molecule has 0 aliphatic carbocycles. The van der Waals surface area contributed by atoms with Gasteiger partial charge in [-0.25, -0.2) is 22.9 Å². The average Bonchev–Trinajstić information content (AvgIpc) is 2.39. The number of aromatic carboxylic acids is 1. The standard InChI is InChI=1S/C11H15N3O5S/c1-2-12-9(15)5-6-14-20(18,19)10-4-3-8(7-13-10)11(16)17/h3-4,7,14H,2,5-6H2,1H3,(H,12,15)(H,16,17). The normalized spacial score (nSPS) is 11.1. The molecule has 1 aromatic rings. The minimum Gasteiger partial charge on any atom is -0.478 e. The van der Waals surface area contributed by atoms with E-state index in [1.807, 2.05) is 0 Å². The second-order valence-electron chi connectivity index (χ2n) is 3.79. The van der Waals surface area contributed by atoms with E-state index in [1.54, 1.807) is 6.92 Å². The molecular formula is C11H15N3O5S. The van der Waals surface area contributed by atoms with E-state index in [4.69, 9.17) is 5.11 Å². The highest BCUT2D eigenvalue weighted by molar-refractivity contribution is 7.89. The number of carbonyl (C=O) groups excluding carboxylic acids is 1. The number of pyridine rings is 1. The van der Waals surface area contributed by atoms with Gasteiger partial charge in [0, 0.05) is 25.7 Å². The lowest BCUT2D eigenvalue weighted by atomic mass is 10.3. The van der Waals surface area contributed by atoms with Crippen LogP contribution in [0.4, 0.5) is 0 Å². The number of carboxylic acid groups (broad SMARTS) is 1.